The average Bonchev–Trinajstić information content (AvgIpc) is 2.86. The Morgan fingerprint density at radius 3 is 2.55 bits per heavy atom. The first-order valence-electron chi connectivity index (χ1n) is 6.95. The molecule has 0 saturated heterocycles. The molecule has 1 aromatic rings. The number of likely N-dealkylation sites (N-methyl/N-ethyl adjacent to an activating group) is 1. The van der Waals surface area contributed by atoms with Gasteiger partial charge in [0.1, 0.15) is 0 Å². The van der Waals surface area contributed by atoms with E-state index in [1.165, 1.54) is 9.14 Å². The molecule has 20 heavy (non-hydrogen) atoms. The molecule has 0 radical (unpaired) electrons. The molecular weight excluding hydrogens is 361 g/mol. The van der Waals surface area contributed by atoms with Crippen molar-refractivity contribution in [3.63, 3.8) is 0 Å². The fraction of sp³-hybridized carbons (Fsp3) is 0.412. The zero-order chi connectivity index (χ0) is 14.5. The molecule has 0 amide bonds. The maximum absolute atomic E-state index is 5.73. The molecule has 0 aliphatic heterocycles. The maximum Gasteiger partial charge on any atom is 0.0973 e. The molecule has 108 valence electrons. The molecule has 0 bridgehead atoms. The van der Waals surface area contributed by atoms with Gasteiger partial charge in [-0.25, -0.2) is 0 Å². The molecule has 0 aromatic heterocycles. The second kappa shape index (κ2) is 7.38. The van der Waals surface area contributed by atoms with Crippen LogP contribution in [0.1, 0.15) is 18.6 Å². The number of halogens is 1. The average molecular weight is 383 g/mol. The Morgan fingerprint density at radius 2 is 2.00 bits per heavy atom. The Kier molecular flexibility index (Phi) is 5.81. The standard InChI is InChI=1S/C17H22INO/c1-13(17(20-3)14-8-5-4-6-9-14)19(2)12-15-10-7-11-16(15)18/h4-11,13,15,17H,12H2,1-3H3/t13-,15?,17-/m0/s1. The second-order valence-corrected chi connectivity index (χ2v) is 6.54. The third-order valence-electron chi connectivity index (χ3n) is 3.95. The number of hydrogen-bond donors (Lipinski definition) is 0. The normalized spacial score (nSPS) is 21.1. The highest BCUT2D eigenvalue weighted by atomic mass is 127. The largest absolute Gasteiger partial charge is 0.375 e. The van der Waals surface area contributed by atoms with Gasteiger partial charge in [-0.3, -0.25) is 4.90 Å². The zero-order valence-electron chi connectivity index (χ0n) is 12.3. The molecular formula is C17H22INO. The summed E-state index contributed by atoms with van der Waals surface area (Å²) in [4.78, 5) is 2.38. The third kappa shape index (κ3) is 3.71. The van der Waals surface area contributed by atoms with Gasteiger partial charge in [0.2, 0.25) is 0 Å². The Balaban J connectivity index is 2.03. The Labute approximate surface area is 135 Å². The summed E-state index contributed by atoms with van der Waals surface area (Å²) in [5.74, 6) is 0.524. The molecule has 1 aliphatic rings. The predicted molar refractivity (Wildman–Crippen MR) is 93.0 cm³/mol. The van der Waals surface area contributed by atoms with Crippen LogP contribution in [0.15, 0.2) is 52.1 Å². The summed E-state index contributed by atoms with van der Waals surface area (Å²) in [6.07, 6.45) is 6.72. The van der Waals surface area contributed by atoms with Crippen LogP contribution < -0.4 is 0 Å². The van der Waals surface area contributed by atoms with Crippen molar-refractivity contribution < 1.29 is 4.74 Å². The molecule has 3 atom stereocenters. The number of ether oxygens (including phenoxy) is 1. The van der Waals surface area contributed by atoms with Crippen LogP contribution in [-0.4, -0.2) is 31.6 Å². The van der Waals surface area contributed by atoms with Crippen LogP contribution in [0.25, 0.3) is 0 Å². The highest BCUT2D eigenvalue weighted by molar-refractivity contribution is 14.1. The van der Waals surface area contributed by atoms with Gasteiger partial charge in [0.05, 0.1) is 6.10 Å². The summed E-state index contributed by atoms with van der Waals surface area (Å²) in [6.45, 7) is 3.26. The van der Waals surface area contributed by atoms with E-state index in [0.717, 1.165) is 6.54 Å². The first-order valence-corrected chi connectivity index (χ1v) is 8.03. The van der Waals surface area contributed by atoms with Crippen LogP contribution in [0.2, 0.25) is 0 Å². The molecule has 1 unspecified atom stereocenters. The number of benzene rings is 1. The Hall–Kier alpha value is -0.650. The van der Waals surface area contributed by atoms with Gasteiger partial charge in [-0.1, -0.05) is 48.6 Å². The van der Waals surface area contributed by atoms with Crippen LogP contribution in [0, 0.1) is 5.92 Å². The van der Waals surface area contributed by atoms with Crippen molar-refractivity contribution in [3.8, 4) is 0 Å². The van der Waals surface area contributed by atoms with Gasteiger partial charge in [0.15, 0.2) is 0 Å². The fourth-order valence-electron chi connectivity index (χ4n) is 2.61. The van der Waals surface area contributed by atoms with Gasteiger partial charge in [-0.2, -0.15) is 0 Å². The van der Waals surface area contributed by atoms with E-state index in [-0.39, 0.29) is 6.10 Å². The quantitative estimate of drug-likeness (QED) is 0.683. The lowest BCUT2D eigenvalue weighted by Gasteiger charge is -2.32. The van der Waals surface area contributed by atoms with Crippen LogP contribution in [0.5, 0.6) is 0 Å². The van der Waals surface area contributed by atoms with E-state index < -0.39 is 0 Å². The van der Waals surface area contributed by atoms with Gasteiger partial charge >= 0.3 is 0 Å². The minimum absolute atomic E-state index is 0.105. The van der Waals surface area contributed by atoms with E-state index in [2.05, 4.69) is 84.0 Å². The second-order valence-electron chi connectivity index (χ2n) is 5.29. The molecule has 0 saturated carbocycles. The molecule has 3 heteroatoms. The number of methoxy groups -OCH3 is 1. The number of nitrogens with zero attached hydrogens (tertiary/aromatic N) is 1. The van der Waals surface area contributed by atoms with Crippen molar-refractivity contribution in [2.24, 2.45) is 5.92 Å². The lowest BCUT2D eigenvalue weighted by molar-refractivity contribution is 0.0283. The molecule has 0 heterocycles. The van der Waals surface area contributed by atoms with Gasteiger partial charge in [0, 0.05) is 25.6 Å². The smallest absolute Gasteiger partial charge is 0.0973 e. The monoisotopic (exact) mass is 383 g/mol. The van der Waals surface area contributed by atoms with Crippen molar-refractivity contribution in [2.45, 2.75) is 19.1 Å². The number of hydrogen-bond acceptors (Lipinski definition) is 2. The third-order valence-corrected chi connectivity index (χ3v) is 5.11. The molecule has 2 nitrogen and oxygen atoms in total. The Bertz CT molecular complexity index is 483. The van der Waals surface area contributed by atoms with Crippen LogP contribution in [0.4, 0.5) is 0 Å². The molecule has 0 fully saturated rings. The van der Waals surface area contributed by atoms with E-state index in [9.17, 15) is 0 Å². The first kappa shape index (κ1) is 15.7. The van der Waals surface area contributed by atoms with Crippen molar-refractivity contribution in [2.75, 3.05) is 20.7 Å². The zero-order valence-corrected chi connectivity index (χ0v) is 14.4. The van der Waals surface area contributed by atoms with Crippen LogP contribution in [0.3, 0.4) is 0 Å². The summed E-state index contributed by atoms with van der Waals surface area (Å²) < 4.78 is 7.15. The molecule has 1 aromatic carbocycles. The fourth-order valence-corrected chi connectivity index (χ4v) is 3.22. The Morgan fingerprint density at radius 1 is 1.30 bits per heavy atom. The molecule has 2 rings (SSSR count). The van der Waals surface area contributed by atoms with Crippen LogP contribution >= 0.6 is 22.6 Å². The van der Waals surface area contributed by atoms with Gasteiger partial charge in [-0.15, -0.1) is 0 Å². The van der Waals surface area contributed by atoms with E-state index in [1.807, 2.05) is 6.07 Å². The summed E-state index contributed by atoms with van der Waals surface area (Å²) in [6, 6.07) is 10.8. The van der Waals surface area contributed by atoms with Crippen LogP contribution in [-0.2, 0) is 4.74 Å². The summed E-state index contributed by atoms with van der Waals surface area (Å²) in [7, 11) is 3.97. The minimum atomic E-state index is 0.105. The molecule has 0 N–H and O–H groups in total. The van der Waals surface area contributed by atoms with E-state index in [0.29, 0.717) is 12.0 Å². The van der Waals surface area contributed by atoms with Crippen molar-refractivity contribution >= 4 is 22.6 Å². The van der Waals surface area contributed by atoms with Gasteiger partial charge in [-0.05, 0) is 45.7 Å². The van der Waals surface area contributed by atoms with E-state index >= 15 is 0 Å². The summed E-state index contributed by atoms with van der Waals surface area (Å²) in [5, 5.41) is 0. The van der Waals surface area contributed by atoms with E-state index in [1.54, 1.807) is 7.11 Å². The molecule has 1 aliphatic carbocycles. The van der Waals surface area contributed by atoms with Gasteiger partial charge in [0.25, 0.3) is 0 Å². The number of rotatable bonds is 6. The lowest BCUT2D eigenvalue weighted by Crippen LogP contribution is -2.38. The number of allylic oxidation sites excluding steroid dienone is 2. The minimum Gasteiger partial charge on any atom is -0.375 e. The SMILES string of the molecule is CO[C@H](c1ccccc1)[C@H](C)N(C)CC1C=CC=C1I. The molecule has 0 spiro atoms. The lowest BCUT2D eigenvalue weighted by atomic mass is 10.0. The van der Waals surface area contributed by atoms with Crippen molar-refractivity contribution in [1.82, 2.24) is 4.90 Å². The highest BCUT2D eigenvalue weighted by Crippen LogP contribution is 2.29. The highest BCUT2D eigenvalue weighted by Gasteiger charge is 2.25. The topological polar surface area (TPSA) is 12.5 Å². The summed E-state index contributed by atoms with van der Waals surface area (Å²) in [5.41, 5.74) is 1.24. The first-order chi connectivity index (χ1) is 9.63. The maximum atomic E-state index is 5.73. The van der Waals surface area contributed by atoms with Gasteiger partial charge < -0.3 is 4.74 Å². The van der Waals surface area contributed by atoms with E-state index in [4.69, 9.17) is 4.74 Å². The van der Waals surface area contributed by atoms with Crippen molar-refractivity contribution in [1.29, 1.82) is 0 Å². The van der Waals surface area contributed by atoms with Crippen molar-refractivity contribution in [3.05, 3.63) is 57.7 Å². The summed E-state index contributed by atoms with van der Waals surface area (Å²) >= 11 is 2.43. The predicted octanol–water partition coefficient (Wildman–Crippen LogP) is 4.20.